The van der Waals surface area contributed by atoms with Gasteiger partial charge < -0.3 is 14.6 Å². The minimum Gasteiger partial charge on any atom is -0.361 e. The molecule has 0 radical (unpaired) electrons. The molecule has 14 heteroatoms. The number of carbonyl (C=O) groups excluding carboxylic acids is 1. The van der Waals surface area contributed by atoms with Gasteiger partial charge in [0.2, 0.25) is 5.95 Å². The van der Waals surface area contributed by atoms with Crippen LogP contribution in [0.25, 0.3) is 0 Å². The molecule has 0 saturated heterocycles. The summed E-state index contributed by atoms with van der Waals surface area (Å²) < 4.78 is 8.04. The Morgan fingerprint density at radius 1 is 1.18 bits per heavy atom. The van der Waals surface area contributed by atoms with Crippen molar-refractivity contribution in [1.29, 1.82) is 0 Å². The van der Waals surface area contributed by atoms with Crippen molar-refractivity contribution in [2.45, 2.75) is 26.9 Å². The minimum absolute atomic E-state index is 0.00412. The van der Waals surface area contributed by atoms with Crippen LogP contribution in [0.2, 0.25) is 10.0 Å². The molecule has 4 rings (SSSR count). The largest absolute Gasteiger partial charge is 0.390 e. The number of hydrogen-bond acceptors (Lipinski definition) is 8. The number of nitro groups is 1. The third kappa shape index (κ3) is 4.71. The van der Waals surface area contributed by atoms with E-state index < -0.39 is 10.8 Å². The van der Waals surface area contributed by atoms with Gasteiger partial charge in [-0.2, -0.15) is 4.68 Å². The molecule has 0 unspecified atom stereocenters. The number of benzene rings is 1. The summed E-state index contributed by atoms with van der Waals surface area (Å²) in [4.78, 5) is 27.3. The average Bonchev–Trinajstić information content (AvgIpc) is 3.45. The number of nitrogens with zero attached hydrogens (tertiary/aromatic N) is 7. The van der Waals surface area contributed by atoms with Crippen LogP contribution in [-0.4, -0.2) is 40.5 Å². The highest BCUT2D eigenvalue weighted by atomic mass is 35.5. The summed E-state index contributed by atoms with van der Waals surface area (Å²) in [5.41, 5.74) is 1.64. The second-order valence-corrected chi connectivity index (χ2v) is 7.86. The van der Waals surface area contributed by atoms with Crippen LogP contribution in [0.1, 0.15) is 33.1 Å². The van der Waals surface area contributed by atoms with Crippen molar-refractivity contribution >= 4 is 40.9 Å². The molecule has 0 aliphatic heterocycles. The molecule has 3 heterocycles. The smallest absolute Gasteiger partial charge is 0.361 e. The molecule has 1 amide bonds. The summed E-state index contributed by atoms with van der Waals surface area (Å²) in [6, 6.07) is 6.51. The summed E-state index contributed by atoms with van der Waals surface area (Å²) >= 11 is 12.4. The van der Waals surface area contributed by atoms with Crippen LogP contribution in [0.4, 0.5) is 11.8 Å². The van der Waals surface area contributed by atoms with Crippen LogP contribution < -0.4 is 5.32 Å². The lowest BCUT2D eigenvalue weighted by atomic mass is 10.2. The molecule has 0 saturated carbocycles. The number of rotatable bonds is 7. The highest BCUT2D eigenvalue weighted by Gasteiger charge is 2.24. The van der Waals surface area contributed by atoms with Crippen LogP contribution >= 0.6 is 23.2 Å². The van der Waals surface area contributed by atoms with Gasteiger partial charge in [0.1, 0.15) is 12.1 Å². The topological polar surface area (TPSA) is 147 Å². The molecule has 0 aliphatic carbocycles. The summed E-state index contributed by atoms with van der Waals surface area (Å²) in [5, 5.41) is 26.5. The van der Waals surface area contributed by atoms with Crippen molar-refractivity contribution in [3.8, 4) is 0 Å². The zero-order valence-corrected chi connectivity index (χ0v) is 18.8. The fourth-order valence-corrected chi connectivity index (χ4v) is 3.60. The highest BCUT2D eigenvalue weighted by molar-refractivity contribution is 6.35. The van der Waals surface area contributed by atoms with Crippen molar-refractivity contribution in [3.63, 3.8) is 0 Å². The molecule has 3 aromatic heterocycles. The van der Waals surface area contributed by atoms with E-state index in [1.165, 1.54) is 21.8 Å². The Kier molecular flexibility index (Phi) is 6.11. The molecule has 12 nitrogen and oxygen atoms in total. The lowest BCUT2D eigenvalue weighted by Gasteiger charge is -2.06. The van der Waals surface area contributed by atoms with Crippen LogP contribution in [0, 0.1) is 24.0 Å². The quantitative estimate of drug-likeness (QED) is 0.305. The van der Waals surface area contributed by atoms with Crippen molar-refractivity contribution in [2.24, 2.45) is 0 Å². The molecule has 4 aromatic rings. The fourth-order valence-electron chi connectivity index (χ4n) is 3.08. The summed E-state index contributed by atoms with van der Waals surface area (Å²) in [7, 11) is 0. The van der Waals surface area contributed by atoms with Crippen LogP contribution in [-0.2, 0) is 13.1 Å². The van der Waals surface area contributed by atoms with Crippen molar-refractivity contribution in [2.75, 3.05) is 5.32 Å². The van der Waals surface area contributed by atoms with E-state index in [-0.39, 0.29) is 30.5 Å². The van der Waals surface area contributed by atoms with Gasteiger partial charge >= 0.3 is 5.82 Å². The van der Waals surface area contributed by atoms with Crippen LogP contribution in [0.5, 0.6) is 0 Å². The standard InChI is InChI=1S/C19H16Cl2N8O4/c1-10-6-16(29(31)32)24-28(10)8-12-11(2)33-26-17(12)18(30)23-19-22-9-27(25-19)7-13-14(20)4-3-5-15(13)21/h3-6,9H,7-8H2,1-2H3,(H,23,25,30). The predicted molar refractivity (Wildman–Crippen MR) is 117 cm³/mol. The second-order valence-electron chi connectivity index (χ2n) is 7.04. The summed E-state index contributed by atoms with van der Waals surface area (Å²) in [6.07, 6.45) is 1.43. The van der Waals surface area contributed by atoms with Gasteiger partial charge in [-0.3, -0.25) is 10.1 Å². The van der Waals surface area contributed by atoms with Crippen molar-refractivity contribution in [1.82, 2.24) is 29.7 Å². The van der Waals surface area contributed by atoms with Gasteiger partial charge in [-0.15, -0.1) is 5.10 Å². The molecule has 0 bridgehead atoms. The fraction of sp³-hybridized carbons (Fsp3) is 0.211. The second kappa shape index (κ2) is 9.00. The number of hydrogen-bond donors (Lipinski definition) is 1. The Balaban J connectivity index is 1.51. The van der Waals surface area contributed by atoms with Crippen molar-refractivity contribution < 1.29 is 14.2 Å². The molecule has 1 N–H and O–H groups in total. The molecule has 0 aliphatic rings. The minimum atomic E-state index is -0.602. The van der Waals surface area contributed by atoms with E-state index in [0.717, 1.165) is 0 Å². The highest BCUT2D eigenvalue weighted by Crippen LogP contribution is 2.25. The van der Waals surface area contributed by atoms with Crippen LogP contribution in [0.3, 0.4) is 0 Å². The van der Waals surface area contributed by atoms with Gasteiger partial charge in [0.05, 0.1) is 35.5 Å². The first-order chi connectivity index (χ1) is 15.7. The molecule has 1 aromatic carbocycles. The third-order valence-corrected chi connectivity index (χ3v) is 5.51. The summed E-state index contributed by atoms with van der Waals surface area (Å²) in [6.45, 7) is 3.62. The lowest BCUT2D eigenvalue weighted by Crippen LogP contribution is -2.17. The number of aryl methyl sites for hydroxylation is 2. The Morgan fingerprint density at radius 2 is 1.91 bits per heavy atom. The molecule has 0 fully saturated rings. The normalized spacial score (nSPS) is 11.0. The number of halogens is 2. The van der Waals surface area contributed by atoms with E-state index in [1.54, 1.807) is 32.0 Å². The van der Waals surface area contributed by atoms with Gasteiger partial charge in [-0.05, 0) is 30.9 Å². The molecular formula is C19H16Cl2N8O4. The lowest BCUT2D eigenvalue weighted by molar-refractivity contribution is -0.389. The Hall–Kier alpha value is -3.77. The first-order valence-corrected chi connectivity index (χ1v) is 10.3. The summed E-state index contributed by atoms with van der Waals surface area (Å²) in [5.74, 6) is -0.471. The van der Waals surface area contributed by atoms with Crippen LogP contribution in [0.15, 0.2) is 35.1 Å². The predicted octanol–water partition coefficient (Wildman–Crippen LogP) is 3.64. The van der Waals surface area contributed by atoms with E-state index in [0.29, 0.717) is 32.6 Å². The molecule has 0 spiro atoms. The third-order valence-electron chi connectivity index (χ3n) is 4.81. The van der Waals surface area contributed by atoms with E-state index >= 15 is 0 Å². The molecule has 33 heavy (non-hydrogen) atoms. The SMILES string of the molecule is Cc1onc(C(=O)Nc2ncn(Cc3c(Cl)cccc3Cl)n2)c1Cn1nc([N+](=O)[O-])cc1C. The van der Waals surface area contributed by atoms with E-state index in [2.05, 4.69) is 25.7 Å². The average molecular weight is 491 g/mol. The molecule has 0 atom stereocenters. The zero-order chi connectivity index (χ0) is 23.7. The Bertz CT molecular complexity index is 1340. The Morgan fingerprint density at radius 3 is 2.58 bits per heavy atom. The number of amides is 1. The number of nitrogens with one attached hydrogen (secondary N) is 1. The first kappa shape index (κ1) is 22.4. The van der Waals surface area contributed by atoms with Gasteiger partial charge in [-0.25, -0.2) is 9.67 Å². The van der Waals surface area contributed by atoms with Crippen molar-refractivity contribution in [3.05, 3.63) is 79.0 Å². The number of carbonyl (C=O) groups is 1. The van der Waals surface area contributed by atoms with E-state index in [9.17, 15) is 14.9 Å². The maximum absolute atomic E-state index is 12.8. The Labute approximate surface area is 196 Å². The van der Waals surface area contributed by atoms with Gasteiger partial charge in [-0.1, -0.05) is 34.4 Å². The van der Waals surface area contributed by atoms with E-state index in [1.807, 2.05) is 0 Å². The molecule has 170 valence electrons. The first-order valence-electron chi connectivity index (χ1n) is 9.50. The molecular weight excluding hydrogens is 475 g/mol. The number of aromatic nitrogens is 6. The van der Waals surface area contributed by atoms with Gasteiger partial charge in [0.15, 0.2) is 5.69 Å². The van der Waals surface area contributed by atoms with E-state index in [4.69, 9.17) is 27.7 Å². The maximum atomic E-state index is 12.8. The van der Waals surface area contributed by atoms with Gasteiger partial charge in [0.25, 0.3) is 5.91 Å². The maximum Gasteiger partial charge on any atom is 0.390 e. The number of anilines is 1. The zero-order valence-electron chi connectivity index (χ0n) is 17.3. The van der Waals surface area contributed by atoms with Gasteiger partial charge in [0, 0.05) is 15.6 Å². The monoisotopic (exact) mass is 490 g/mol.